The molecule has 4 rings (SSSR count). The van der Waals surface area contributed by atoms with Gasteiger partial charge in [0.05, 0.1) is 17.7 Å². The highest BCUT2D eigenvalue weighted by Gasteiger charge is 2.42. The number of piperidine rings is 1. The summed E-state index contributed by atoms with van der Waals surface area (Å²) in [5.74, 6) is 1.66. The average molecular weight is 468 g/mol. The Morgan fingerprint density at radius 1 is 1.12 bits per heavy atom. The summed E-state index contributed by atoms with van der Waals surface area (Å²) in [5.41, 5.74) is 2.10. The van der Waals surface area contributed by atoms with E-state index in [1.165, 1.54) is 5.56 Å². The number of para-hydroxylation sites is 1. The van der Waals surface area contributed by atoms with Gasteiger partial charge in [0.25, 0.3) is 5.91 Å². The van der Waals surface area contributed by atoms with Crippen molar-refractivity contribution in [3.63, 3.8) is 0 Å². The molecule has 1 aromatic heterocycles. The van der Waals surface area contributed by atoms with E-state index in [4.69, 9.17) is 9.26 Å². The van der Waals surface area contributed by atoms with Crippen molar-refractivity contribution in [2.24, 2.45) is 5.41 Å². The van der Waals surface area contributed by atoms with Crippen LogP contribution in [0.3, 0.4) is 0 Å². The Labute approximate surface area is 202 Å². The van der Waals surface area contributed by atoms with Crippen LogP contribution in [0.15, 0.2) is 28.8 Å². The van der Waals surface area contributed by atoms with Crippen molar-refractivity contribution in [1.82, 2.24) is 15.4 Å². The van der Waals surface area contributed by atoms with Crippen LogP contribution in [-0.2, 0) is 11.2 Å². The summed E-state index contributed by atoms with van der Waals surface area (Å²) in [4.78, 5) is 28.5. The predicted octanol–water partition coefficient (Wildman–Crippen LogP) is 4.64. The number of ether oxygens (including phenoxy) is 1. The summed E-state index contributed by atoms with van der Waals surface area (Å²) in [6.07, 6.45) is 6.35. The molecule has 0 bridgehead atoms. The number of carbonyl (C=O) groups excluding carboxylic acids is 2. The van der Waals surface area contributed by atoms with Crippen LogP contribution in [0.5, 0.6) is 5.75 Å². The smallest absolute Gasteiger partial charge is 0.259 e. The Morgan fingerprint density at radius 3 is 2.65 bits per heavy atom. The second kappa shape index (κ2) is 10.6. The monoisotopic (exact) mass is 467 g/mol. The molecule has 1 saturated heterocycles. The van der Waals surface area contributed by atoms with E-state index in [-0.39, 0.29) is 17.7 Å². The first-order valence-electron chi connectivity index (χ1n) is 12.7. The first-order chi connectivity index (χ1) is 16.4. The molecule has 0 saturated carbocycles. The van der Waals surface area contributed by atoms with Gasteiger partial charge in [-0.3, -0.25) is 9.59 Å². The number of hydrogen-bond donors (Lipinski definition) is 1. The largest absolute Gasteiger partial charge is 0.491 e. The van der Waals surface area contributed by atoms with E-state index in [0.29, 0.717) is 56.1 Å². The van der Waals surface area contributed by atoms with E-state index in [2.05, 4.69) is 22.6 Å². The van der Waals surface area contributed by atoms with Crippen LogP contribution in [0.2, 0.25) is 0 Å². The quantitative estimate of drug-likeness (QED) is 0.696. The number of likely N-dealkylation sites (tertiary alicyclic amines) is 1. The molecule has 7 heteroatoms. The van der Waals surface area contributed by atoms with Gasteiger partial charge < -0.3 is 19.5 Å². The van der Waals surface area contributed by atoms with E-state index >= 15 is 0 Å². The number of fused-ring (bicyclic) bond motifs is 1. The molecule has 2 aromatic rings. The van der Waals surface area contributed by atoms with Crippen molar-refractivity contribution in [3.05, 3.63) is 46.8 Å². The van der Waals surface area contributed by atoms with Crippen LogP contribution in [0, 0.1) is 12.3 Å². The van der Waals surface area contributed by atoms with E-state index in [9.17, 15) is 9.59 Å². The number of rotatable bonds is 2. The Kier molecular flexibility index (Phi) is 7.59. The molecular formula is C27H37N3O4. The Bertz CT molecular complexity index is 1010. The van der Waals surface area contributed by atoms with Crippen molar-refractivity contribution < 1.29 is 18.8 Å². The molecule has 0 atom stereocenters. The van der Waals surface area contributed by atoms with Gasteiger partial charge in [0, 0.05) is 13.1 Å². The molecule has 0 unspecified atom stereocenters. The minimum Gasteiger partial charge on any atom is -0.491 e. The molecule has 7 nitrogen and oxygen atoms in total. The lowest BCUT2D eigenvalue weighted by Gasteiger charge is -2.41. The number of carbonyl (C=O) groups is 2. The van der Waals surface area contributed by atoms with Crippen LogP contribution >= 0.6 is 0 Å². The highest BCUT2D eigenvalue weighted by molar-refractivity contribution is 5.96. The third-order valence-corrected chi connectivity index (χ3v) is 7.36. The van der Waals surface area contributed by atoms with Gasteiger partial charge in [-0.1, -0.05) is 50.0 Å². The molecule has 0 aliphatic carbocycles. The second-order valence-electron chi connectivity index (χ2n) is 10.00. The van der Waals surface area contributed by atoms with Crippen LogP contribution in [0.1, 0.15) is 85.7 Å². The molecule has 34 heavy (non-hydrogen) atoms. The maximum absolute atomic E-state index is 13.3. The van der Waals surface area contributed by atoms with Crippen LogP contribution < -0.4 is 10.1 Å². The zero-order valence-electron chi connectivity index (χ0n) is 20.7. The summed E-state index contributed by atoms with van der Waals surface area (Å²) < 4.78 is 11.3. The van der Waals surface area contributed by atoms with Crippen molar-refractivity contribution in [2.75, 3.05) is 26.2 Å². The van der Waals surface area contributed by atoms with Gasteiger partial charge in [-0.25, -0.2) is 0 Å². The van der Waals surface area contributed by atoms with Gasteiger partial charge in [0.15, 0.2) is 0 Å². The van der Waals surface area contributed by atoms with Gasteiger partial charge in [-0.15, -0.1) is 0 Å². The number of aromatic nitrogens is 1. The standard InChI is InChI=1S/C27H37N3O4/c1-19(2)24-23(20(3)34-29-24)25(31)30-16-13-27(14-17-30)12-8-4-5-9-21-10-6-7-11-22(21)33-18-15-28-26(27)32/h6-7,10-11,19H,4-5,8-9,12-18H2,1-3H3,(H,28,32). The number of benzene rings is 1. The summed E-state index contributed by atoms with van der Waals surface area (Å²) in [7, 11) is 0. The molecule has 184 valence electrons. The molecule has 1 aromatic carbocycles. The summed E-state index contributed by atoms with van der Waals surface area (Å²) in [5, 5.41) is 7.23. The number of nitrogens with one attached hydrogen (secondary N) is 1. The number of amides is 2. The number of aryl methyl sites for hydroxylation is 2. The fourth-order valence-corrected chi connectivity index (χ4v) is 5.25. The highest BCUT2D eigenvalue weighted by atomic mass is 16.5. The Morgan fingerprint density at radius 2 is 1.88 bits per heavy atom. The van der Waals surface area contributed by atoms with Gasteiger partial charge in [-0.2, -0.15) is 0 Å². The second-order valence-corrected chi connectivity index (χ2v) is 10.00. The topological polar surface area (TPSA) is 84.7 Å². The molecule has 1 spiro atoms. The van der Waals surface area contributed by atoms with Crippen molar-refractivity contribution in [3.8, 4) is 5.75 Å². The zero-order chi connectivity index (χ0) is 24.1. The maximum Gasteiger partial charge on any atom is 0.259 e. The van der Waals surface area contributed by atoms with E-state index in [1.54, 1.807) is 6.92 Å². The van der Waals surface area contributed by atoms with Crippen LogP contribution in [-0.4, -0.2) is 48.1 Å². The maximum atomic E-state index is 13.3. The molecule has 2 aliphatic rings. The van der Waals surface area contributed by atoms with Gasteiger partial charge in [0.2, 0.25) is 5.91 Å². The first kappa shape index (κ1) is 24.3. The number of hydrogen-bond acceptors (Lipinski definition) is 5. The lowest BCUT2D eigenvalue weighted by molar-refractivity contribution is -0.134. The molecule has 1 N–H and O–H groups in total. The molecule has 1 fully saturated rings. The Hall–Kier alpha value is -2.83. The summed E-state index contributed by atoms with van der Waals surface area (Å²) in [6.45, 7) is 7.88. The first-order valence-corrected chi connectivity index (χ1v) is 12.7. The van der Waals surface area contributed by atoms with Gasteiger partial charge in [-0.05, 0) is 56.6 Å². The molecule has 2 aliphatic heterocycles. The van der Waals surface area contributed by atoms with Crippen molar-refractivity contribution in [2.45, 2.75) is 71.6 Å². The van der Waals surface area contributed by atoms with Gasteiger partial charge >= 0.3 is 0 Å². The lowest BCUT2D eigenvalue weighted by atomic mass is 9.73. The summed E-state index contributed by atoms with van der Waals surface area (Å²) in [6, 6.07) is 8.18. The SMILES string of the molecule is Cc1onc(C(C)C)c1C(=O)N1CCC2(CCCCCc3ccccc3OCCNC2=O)CC1. The van der Waals surface area contributed by atoms with Crippen molar-refractivity contribution in [1.29, 1.82) is 0 Å². The average Bonchev–Trinajstić information content (AvgIpc) is 3.23. The molecule has 0 radical (unpaired) electrons. The Balaban J connectivity index is 1.42. The van der Waals surface area contributed by atoms with E-state index in [0.717, 1.165) is 37.9 Å². The lowest BCUT2D eigenvalue weighted by Crippen LogP contribution is -2.51. The van der Waals surface area contributed by atoms with Crippen LogP contribution in [0.25, 0.3) is 0 Å². The minimum absolute atomic E-state index is 0.0338. The van der Waals surface area contributed by atoms with Crippen molar-refractivity contribution >= 4 is 11.8 Å². The molecule has 3 heterocycles. The highest BCUT2D eigenvalue weighted by Crippen LogP contribution is 2.38. The minimum atomic E-state index is -0.428. The third-order valence-electron chi connectivity index (χ3n) is 7.36. The molecular weight excluding hydrogens is 430 g/mol. The van der Waals surface area contributed by atoms with Crippen LogP contribution in [0.4, 0.5) is 0 Å². The summed E-state index contributed by atoms with van der Waals surface area (Å²) >= 11 is 0. The number of nitrogens with zero attached hydrogens (tertiary/aromatic N) is 2. The van der Waals surface area contributed by atoms with E-state index < -0.39 is 5.41 Å². The molecule has 2 amide bonds. The third kappa shape index (κ3) is 5.13. The normalized spacial score (nSPS) is 19.4. The fraction of sp³-hybridized carbons (Fsp3) is 0.593. The van der Waals surface area contributed by atoms with E-state index in [1.807, 2.05) is 30.9 Å². The predicted molar refractivity (Wildman–Crippen MR) is 130 cm³/mol. The van der Waals surface area contributed by atoms with Gasteiger partial charge in [0.1, 0.15) is 23.7 Å². The fourth-order valence-electron chi connectivity index (χ4n) is 5.25. The zero-order valence-corrected chi connectivity index (χ0v) is 20.7.